The molecule has 3 aromatic rings. The average Bonchev–Trinajstić information content (AvgIpc) is 3.29. The van der Waals surface area contributed by atoms with Gasteiger partial charge in [0, 0.05) is 27.9 Å². The molecule has 0 spiro atoms. The second kappa shape index (κ2) is 9.49. The van der Waals surface area contributed by atoms with E-state index in [9.17, 15) is 13.6 Å². The molecule has 0 aliphatic heterocycles. The van der Waals surface area contributed by atoms with E-state index < -0.39 is 17.5 Å². The van der Waals surface area contributed by atoms with E-state index >= 15 is 0 Å². The van der Waals surface area contributed by atoms with E-state index in [1.54, 1.807) is 11.3 Å². The van der Waals surface area contributed by atoms with Gasteiger partial charge in [-0.25, -0.2) is 8.78 Å². The molecule has 3 rings (SSSR count). The minimum Gasteiger partial charge on any atom is -0.323 e. The van der Waals surface area contributed by atoms with Gasteiger partial charge >= 0.3 is 0 Å². The zero-order valence-corrected chi connectivity index (χ0v) is 18.0. The van der Waals surface area contributed by atoms with Crippen molar-refractivity contribution in [1.82, 2.24) is 14.8 Å². The maximum Gasteiger partial charge on any atom is 0.234 e. The molecule has 9 heteroatoms. The van der Waals surface area contributed by atoms with Gasteiger partial charge in [0.25, 0.3) is 0 Å². The fourth-order valence-corrected chi connectivity index (χ4v) is 4.66. The summed E-state index contributed by atoms with van der Waals surface area (Å²) in [5.41, 5.74) is 0.967. The zero-order valence-electron chi connectivity index (χ0n) is 16.4. The summed E-state index contributed by atoms with van der Waals surface area (Å²) in [6, 6.07) is 5.27. The largest absolute Gasteiger partial charge is 0.323 e. The molecule has 2 heterocycles. The van der Waals surface area contributed by atoms with E-state index in [1.165, 1.54) is 22.7 Å². The standard InChI is InChI=1S/C20H22F2N4OS2/c1-4-5-15-8-13(10-28-15)19-24-25-20(26(19)12(2)3)29-11-18(27)23-17-7-6-14(21)9-16(17)22/h6-10,12H,4-5,11H2,1-3H3,(H,23,27). The number of rotatable bonds is 8. The Kier molecular flexibility index (Phi) is 7.02. The van der Waals surface area contributed by atoms with Crippen molar-refractivity contribution in [3.8, 4) is 11.4 Å². The summed E-state index contributed by atoms with van der Waals surface area (Å²) >= 11 is 2.93. The first-order valence-electron chi connectivity index (χ1n) is 9.29. The molecule has 0 bridgehead atoms. The molecule has 0 saturated heterocycles. The minimum atomic E-state index is -0.809. The predicted octanol–water partition coefficient (Wildman–Crippen LogP) is 5.55. The van der Waals surface area contributed by atoms with Gasteiger partial charge in [0.1, 0.15) is 11.6 Å². The lowest BCUT2D eigenvalue weighted by molar-refractivity contribution is -0.113. The van der Waals surface area contributed by atoms with Crippen LogP contribution in [0.5, 0.6) is 0 Å². The number of hydrogen-bond donors (Lipinski definition) is 1. The molecule has 154 valence electrons. The summed E-state index contributed by atoms with van der Waals surface area (Å²) in [7, 11) is 0. The van der Waals surface area contributed by atoms with Crippen LogP contribution in [0.3, 0.4) is 0 Å². The molecule has 0 aliphatic carbocycles. The van der Waals surface area contributed by atoms with Crippen LogP contribution in [0.25, 0.3) is 11.4 Å². The van der Waals surface area contributed by atoms with Crippen molar-refractivity contribution in [2.45, 2.75) is 44.8 Å². The quantitative estimate of drug-likeness (QED) is 0.471. The monoisotopic (exact) mass is 436 g/mol. The van der Waals surface area contributed by atoms with E-state index in [4.69, 9.17) is 0 Å². The first kappa shape index (κ1) is 21.4. The van der Waals surface area contributed by atoms with Crippen molar-refractivity contribution in [2.24, 2.45) is 0 Å². The number of thioether (sulfide) groups is 1. The Morgan fingerprint density at radius 1 is 1.28 bits per heavy atom. The van der Waals surface area contributed by atoms with Crippen molar-refractivity contribution in [2.75, 3.05) is 11.1 Å². The number of aromatic nitrogens is 3. The Balaban J connectivity index is 1.72. The Labute approximate surface area is 176 Å². The van der Waals surface area contributed by atoms with E-state index in [-0.39, 0.29) is 17.5 Å². The maximum absolute atomic E-state index is 13.7. The Morgan fingerprint density at radius 2 is 2.07 bits per heavy atom. The van der Waals surface area contributed by atoms with Gasteiger partial charge in [-0.05, 0) is 38.5 Å². The Bertz CT molecular complexity index is 1000. The second-order valence-corrected chi connectivity index (χ2v) is 8.72. The molecule has 0 fully saturated rings. The first-order chi connectivity index (χ1) is 13.9. The zero-order chi connectivity index (χ0) is 21.0. The third kappa shape index (κ3) is 5.22. The third-order valence-corrected chi connectivity index (χ3v) is 6.07. The lowest BCUT2D eigenvalue weighted by Crippen LogP contribution is -2.16. The topological polar surface area (TPSA) is 59.8 Å². The summed E-state index contributed by atoms with van der Waals surface area (Å²) in [5, 5.41) is 13.7. The van der Waals surface area contributed by atoms with Crippen LogP contribution in [0.15, 0.2) is 34.8 Å². The van der Waals surface area contributed by atoms with Gasteiger partial charge < -0.3 is 5.32 Å². The normalized spacial score (nSPS) is 11.2. The first-order valence-corrected chi connectivity index (χ1v) is 11.2. The molecule has 2 aromatic heterocycles. The number of aryl methyl sites for hydroxylation is 1. The molecule has 0 atom stereocenters. The number of carbonyl (C=O) groups excluding carboxylic acids is 1. The number of carbonyl (C=O) groups is 1. The Hall–Kier alpha value is -2.26. The van der Waals surface area contributed by atoms with Crippen molar-refractivity contribution >= 4 is 34.7 Å². The third-order valence-electron chi connectivity index (χ3n) is 4.13. The highest BCUT2D eigenvalue weighted by Crippen LogP contribution is 2.31. The summed E-state index contributed by atoms with van der Waals surface area (Å²) in [6.07, 6.45) is 2.11. The van der Waals surface area contributed by atoms with Crippen LogP contribution >= 0.6 is 23.1 Å². The highest BCUT2D eigenvalue weighted by Gasteiger charge is 2.19. The average molecular weight is 437 g/mol. The van der Waals surface area contributed by atoms with Gasteiger partial charge in [-0.3, -0.25) is 9.36 Å². The molecule has 0 radical (unpaired) electrons. The lowest BCUT2D eigenvalue weighted by Gasteiger charge is -2.13. The molecule has 1 N–H and O–H groups in total. The van der Waals surface area contributed by atoms with Gasteiger partial charge in [0.2, 0.25) is 5.91 Å². The number of amides is 1. The fraction of sp³-hybridized carbons (Fsp3) is 0.350. The number of thiophene rings is 1. The van der Waals surface area contributed by atoms with Crippen molar-refractivity contribution in [3.63, 3.8) is 0 Å². The summed E-state index contributed by atoms with van der Waals surface area (Å²) in [6.45, 7) is 6.21. The summed E-state index contributed by atoms with van der Waals surface area (Å²) < 4.78 is 28.7. The van der Waals surface area contributed by atoms with Gasteiger partial charge in [-0.15, -0.1) is 21.5 Å². The molecule has 1 amide bonds. The van der Waals surface area contributed by atoms with Crippen molar-refractivity contribution in [3.05, 3.63) is 46.2 Å². The molecule has 5 nitrogen and oxygen atoms in total. The minimum absolute atomic E-state index is 0.0341. The van der Waals surface area contributed by atoms with Crippen molar-refractivity contribution < 1.29 is 13.6 Å². The number of benzene rings is 1. The van der Waals surface area contributed by atoms with Crippen LogP contribution in [-0.2, 0) is 11.2 Å². The van der Waals surface area contributed by atoms with Crippen LogP contribution in [0, 0.1) is 11.6 Å². The van der Waals surface area contributed by atoms with E-state index in [0.717, 1.165) is 36.4 Å². The number of nitrogens with zero attached hydrogens (tertiary/aromatic N) is 3. The molecule has 0 unspecified atom stereocenters. The molecule has 0 saturated carbocycles. The lowest BCUT2D eigenvalue weighted by atomic mass is 10.2. The van der Waals surface area contributed by atoms with Gasteiger partial charge in [0.15, 0.2) is 11.0 Å². The summed E-state index contributed by atoms with van der Waals surface area (Å²) in [4.78, 5) is 13.5. The predicted molar refractivity (Wildman–Crippen MR) is 113 cm³/mol. The Morgan fingerprint density at radius 3 is 2.76 bits per heavy atom. The molecule has 0 aliphatic rings. The smallest absolute Gasteiger partial charge is 0.234 e. The van der Waals surface area contributed by atoms with Gasteiger partial charge in [-0.2, -0.15) is 0 Å². The van der Waals surface area contributed by atoms with Crippen LogP contribution in [0.2, 0.25) is 0 Å². The van der Waals surface area contributed by atoms with Crippen molar-refractivity contribution in [1.29, 1.82) is 0 Å². The van der Waals surface area contributed by atoms with E-state index in [0.29, 0.717) is 5.16 Å². The second-order valence-electron chi connectivity index (χ2n) is 6.78. The van der Waals surface area contributed by atoms with Crippen LogP contribution in [0.4, 0.5) is 14.5 Å². The van der Waals surface area contributed by atoms with E-state index in [2.05, 4.69) is 33.9 Å². The number of nitrogens with one attached hydrogen (secondary N) is 1. The molecule has 1 aromatic carbocycles. The SMILES string of the molecule is CCCc1cc(-c2nnc(SCC(=O)Nc3ccc(F)cc3F)n2C(C)C)cs1. The van der Waals surface area contributed by atoms with Crippen LogP contribution in [-0.4, -0.2) is 26.4 Å². The number of anilines is 1. The van der Waals surface area contributed by atoms with Gasteiger partial charge in [-0.1, -0.05) is 25.1 Å². The van der Waals surface area contributed by atoms with Crippen LogP contribution < -0.4 is 5.32 Å². The molecular formula is C20H22F2N4OS2. The highest BCUT2D eigenvalue weighted by molar-refractivity contribution is 7.99. The summed E-state index contributed by atoms with van der Waals surface area (Å²) in [5.74, 6) is -1.10. The number of halogens is 2. The highest BCUT2D eigenvalue weighted by atomic mass is 32.2. The number of hydrogen-bond acceptors (Lipinski definition) is 5. The fourth-order valence-electron chi connectivity index (χ4n) is 2.82. The van der Waals surface area contributed by atoms with Gasteiger partial charge in [0.05, 0.1) is 11.4 Å². The van der Waals surface area contributed by atoms with Crippen LogP contribution in [0.1, 0.15) is 38.1 Å². The molecular weight excluding hydrogens is 414 g/mol. The maximum atomic E-state index is 13.7. The molecule has 29 heavy (non-hydrogen) atoms. The van der Waals surface area contributed by atoms with E-state index in [1.807, 2.05) is 18.4 Å².